The van der Waals surface area contributed by atoms with Crippen LogP contribution in [0.5, 0.6) is 0 Å². The first-order valence-corrected chi connectivity index (χ1v) is 19.0. The Hall–Kier alpha value is -7.24. The topological polar surface area (TPSA) is 64.7 Å². The Kier molecular flexibility index (Phi) is 7.13. The molecular formula is C51H34N4O. The van der Waals surface area contributed by atoms with Crippen molar-refractivity contribution in [2.75, 3.05) is 0 Å². The predicted octanol–water partition coefficient (Wildman–Crippen LogP) is 13.0. The van der Waals surface area contributed by atoms with Gasteiger partial charge < -0.3 is 4.42 Å². The number of aromatic nitrogens is 4. The molecule has 0 saturated carbocycles. The maximum Gasteiger partial charge on any atom is 0.227 e. The highest BCUT2D eigenvalue weighted by Crippen LogP contribution is 2.53. The molecule has 8 aromatic carbocycles. The number of rotatable bonds is 5. The van der Waals surface area contributed by atoms with Crippen LogP contribution in [-0.2, 0) is 5.41 Å². The number of hydrogen-bond acceptors (Lipinski definition) is 5. The minimum Gasteiger partial charge on any atom is -0.435 e. The van der Waals surface area contributed by atoms with Crippen LogP contribution in [0.15, 0.2) is 174 Å². The van der Waals surface area contributed by atoms with Crippen molar-refractivity contribution in [3.05, 3.63) is 181 Å². The monoisotopic (exact) mass is 718 g/mol. The predicted molar refractivity (Wildman–Crippen MR) is 227 cm³/mol. The molecule has 0 amide bonds. The summed E-state index contributed by atoms with van der Waals surface area (Å²) < 4.78 is 6.59. The van der Waals surface area contributed by atoms with E-state index in [4.69, 9.17) is 24.4 Å². The van der Waals surface area contributed by atoms with Crippen LogP contribution in [0, 0.1) is 0 Å². The molecule has 2 aromatic heterocycles. The van der Waals surface area contributed by atoms with Gasteiger partial charge in [0.25, 0.3) is 0 Å². The molecule has 0 N–H and O–H groups in total. The van der Waals surface area contributed by atoms with Crippen LogP contribution < -0.4 is 0 Å². The van der Waals surface area contributed by atoms with E-state index in [0.29, 0.717) is 23.4 Å². The van der Waals surface area contributed by atoms with Crippen molar-refractivity contribution in [1.29, 1.82) is 0 Å². The number of oxazole rings is 1. The molecule has 0 spiro atoms. The Balaban J connectivity index is 1.03. The minimum absolute atomic E-state index is 0.282. The van der Waals surface area contributed by atoms with Gasteiger partial charge in [-0.2, -0.15) is 0 Å². The molecule has 10 aromatic rings. The van der Waals surface area contributed by atoms with Crippen molar-refractivity contribution in [2.45, 2.75) is 19.3 Å². The average Bonchev–Trinajstić information content (AvgIpc) is 3.80. The Morgan fingerprint density at radius 3 is 1.73 bits per heavy atom. The standard InChI is InChI=1S/C51H34N4O/c1-51(2)41-27-24-33-25-28-43-46(56-50(52-43)36-14-7-4-8-15-36)44(33)45(41)40-26-23-39(30-42(40)51)49-54-47(34-12-5-3-6-13-34)53-48(55-49)35-20-17-32(18-21-35)38-22-19-31-11-9-10-16-37(31)29-38/h3-30H,1-2H3. The molecule has 1 aliphatic carbocycles. The third kappa shape index (κ3) is 5.16. The van der Waals surface area contributed by atoms with Crippen molar-refractivity contribution in [3.63, 3.8) is 0 Å². The fourth-order valence-electron chi connectivity index (χ4n) is 8.39. The van der Waals surface area contributed by atoms with E-state index in [0.717, 1.165) is 49.7 Å². The van der Waals surface area contributed by atoms with E-state index in [1.807, 2.05) is 60.7 Å². The number of hydrogen-bond donors (Lipinski definition) is 0. The summed E-state index contributed by atoms with van der Waals surface area (Å²) >= 11 is 0. The molecular weight excluding hydrogens is 685 g/mol. The first kappa shape index (κ1) is 32.2. The van der Waals surface area contributed by atoms with E-state index >= 15 is 0 Å². The highest BCUT2D eigenvalue weighted by molar-refractivity contribution is 6.14. The molecule has 0 fully saturated rings. The molecule has 56 heavy (non-hydrogen) atoms. The molecule has 11 rings (SSSR count). The van der Waals surface area contributed by atoms with Crippen LogP contribution in [0.3, 0.4) is 0 Å². The zero-order valence-corrected chi connectivity index (χ0v) is 30.9. The van der Waals surface area contributed by atoms with Gasteiger partial charge in [-0.25, -0.2) is 19.9 Å². The fourth-order valence-corrected chi connectivity index (χ4v) is 8.39. The third-order valence-corrected chi connectivity index (χ3v) is 11.3. The highest BCUT2D eigenvalue weighted by atomic mass is 16.3. The van der Waals surface area contributed by atoms with Crippen LogP contribution in [0.2, 0.25) is 0 Å². The molecule has 2 heterocycles. The van der Waals surface area contributed by atoms with Gasteiger partial charge in [0.1, 0.15) is 5.52 Å². The van der Waals surface area contributed by atoms with Gasteiger partial charge in [-0.15, -0.1) is 0 Å². The average molecular weight is 719 g/mol. The third-order valence-electron chi connectivity index (χ3n) is 11.3. The molecule has 0 unspecified atom stereocenters. The van der Waals surface area contributed by atoms with Gasteiger partial charge in [0.05, 0.1) is 0 Å². The number of fused-ring (bicyclic) bond motifs is 8. The van der Waals surface area contributed by atoms with Crippen molar-refractivity contribution in [1.82, 2.24) is 19.9 Å². The first-order valence-electron chi connectivity index (χ1n) is 19.0. The normalized spacial score (nSPS) is 13.0. The van der Waals surface area contributed by atoms with E-state index in [9.17, 15) is 0 Å². The van der Waals surface area contributed by atoms with Crippen molar-refractivity contribution in [3.8, 4) is 67.9 Å². The summed E-state index contributed by atoms with van der Waals surface area (Å²) in [5, 5.41) is 4.67. The Morgan fingerprint density at radius 1 is 0.411 bits per heavy atom. The number of nitrogens with zero attached hydrogens (tertiary/aromatic N) is 4. The van der Waals surface area contributed by atoms with Gasteiger partial charge in [-0.3, -0.25) is 0 Å². The van der Waals surface area contributed by atoms with Crippen molar-refractivity contribution < 1.29 is 4.42 Å². The summed E-state index contributed by atoms with van der Waals surface area (Å²) in [5.74, 6) is 2.54. The zero-order valence-electron chi connectivity index (χ0n) is 30.9. The molecule has 0 atom stereocenters. The van der Waals surface area contributed by atoms with Gasteiger partial charge >= 0.3 is 0 Å². The smallest absolute Gasteiger partial charge is 0.227 e. The lowest BCUT2D eigenvalue weighted by Crippen LogP contribution is -2.15. The van der Waals surface area contributed by atoms with Gasteiger partial charge in [-0.1, -0.05) is 153 Å². The molecule has 0 radical (unpaired) electrons. The number of benzene rings is 8. The summed E-state index contributed by atoms with van der Waals surface area (Å²) in [6.07, 6.45) is 0. The SMILES string of the molecule is CC1(C)c2cc(-c3nc(-c4ccccc4)nc(-c4ccc(-c5ccc6ccccc6c5)cc4)n3)ccc2-c2c1ccc1ccc3nc(-c4ccccc4)oc3c21. The van der Waals surface area contributed by atoms with Crippen molar-refractivity contribution >= 4 is 32.6 Å². The molecule has 1 aliphatic rings. The molecule has 0 bridgehead atoms. The highest BCUT2D eigenvalue weighted by Gasteiger charge is 2.37. The molecule has 0 saturated heterocycles. The quantitative estimate of drug-likeness (QED) is 0.177. The van der Waals surface area contributed by atoms with E-state index in [2.05, 4.69) is 123 Å². The van der Waals surface area contributed by atoms with E-state index < -0.39 is 0 Å². The molecule has 264 valence electrons. The fraction of sp³-hybridized carbons (Fsp3) is 0.0588. The van der Waals surface area contributed by atoms with Crippen LogP contribution in [-0.4, -0.2) is 19.9 Å². The van der Waals surface area contributed by atoms with Gasteiger partial charge in [0.2, 0.25) is 5.89 Å². The second-order valence-corrected chi connectivity index (χ2v) is 15.1. The van der Waals surface area contributed by atoms with E-state index in [1.54, 1.807) is 0 Å². The lowest BCUT2D eigenvalue weighted by molar-refractivity contribution is 0.623. The Morgan fingerprint density at radius 2 is 0.982 bits per heavy atom. The molecule has 5 nitrogen and oxygen atoms in total. The zero-order chi connectivity index (χ0) is 37.4. The molecule has 5 heteroatoms. The van der Waals surface area contributed by atoms with Crippen LogP contribution in [0.25, 0.3) is 101 Å². The Labute approximate surface area is 324 Å². The van der Waals surface area contributed by atoms with Gasteiger partial charge in [-0.05, 0) is 79.9 Å². The minimum atomic E-state index is -0.282. The lowest BCUT2D eigenvalue weighted by atomic mass is 9.81. The van der Waals surface area contributed by atoms with Gasteiger partial charge in [0, 0.05) is 33.1 Å². The van der Waals surface area contributed by atoms with Crippen LogP contribution in [0.1, 0.15) is 25.0 Å². The van der Waals surface area contributed by atoms with Gasteiger partial charge in [0.15, 0.2) is 23.1 Å². The first-order chi connectivity index (χ1) is 27.5. The molecule has 0 aliphatic heterocycles. The largest absolute Gasteiger partial charge is 0.435 e. The Bertz CT molecular complexity index is 3150. The van der Waals surface area contributed by atoms with E-state index in [1.165, 1.54) is 38.6 Å². The summed E-state index contributed by atoms with van der Waals surface area (Å²) in [5.41, 5.74) is 12.3. The maximum absolute atomic E-state index is 6.59. The maximum atomic E-state index is 6.59. The van der Waals surface area contributed by atoms with Crippen LogP contribution in [0.4, 0.5) is 0 Å². The lowest BCUT2D eigenvalue weighted by Gasteiger charge is -2.22. The second-order valence-electron chi connectivity index (χ2n) is 15.1. The summed E-state index contributed by atoms with van der Waals surface area (Å²) in [6, 6.07) is 59.2. The second kappa shape index (κ2) is 12.4. The van der Waals surface area contributed by atoms with Crippen molar-refractivity contribution in [2.24, 2.45) is 0 Å². The summed E-state index contributed by atoms with van der Waals surface area (Å²) in [7, 11) is 0. The van der Waals surface area contributed by atoms with E-state index in [-0.39, 0.29) is 5.41 Å². The summed E-state index contributed by atoms with van der Waals surface area (Å²) in [6.45, 7) is 4.60. The van der Waals surface area contributed by atoms with Crippen LogP contribution >= 0.6 is 0 Å². The summed E-state index contributed by atoms with van der Waals surface area (Å²) in [4.78, 5) is 20.2.